The summed E-state index contributed by atoms with van der Waals surface area (Å²) in [6.07, 6.45) is 3.61. The molecule has 2 aromatic carbocycles. The largest absolute Gasteiger partial charge is 0.457 e. The Kier molecular flexibility index (Phi) is 5.36. The molecule has 0 atom stereocenters. The molecule has 3 nitrogen and oxygen atoms in total. The number of ether oxygens (including phenoxy) is 1. The summed E-state index contributed by atoms with van der Waals surface area (Å²) < 4.78 is 5.99. The van der Waals surface area contributed by atoms with E-state index in [2.05, 4.69) is 16.4 Å². The first-order valence-corrected chi connectivity index (χ1v) is 8.24. The monoisotopic (exact) mass is 358 g/mol. The van der Waals surface area contributed by atoms with Crippen LogP contribution in [0, 0.1) is 0 Å². The van der Waals surface area contributed by atoms with Crippen LogP contribution in [-0.2, 0) is 6.54 Å². The van der Waals surface area contributed by atoms with E-state index in [0.717, 1.165) is 22.4 Å². The lowest BCUT2D eigenvalue weighted by Gasteiger charge is -2.13. The zero-order chi connectivity index (χ0) is 16.9. The van der Waals surface area contributed by atoms with Gasteiger partial charge in [0, 0.05) is 36.1 Å². The Balaban J connectivity index is 1.93. The minimum atomic E-state index is 0.469. The zero-order valence-corrected chi connectivity index (χ0v) is 14.6. The summed E-state index contributed by atoms with van der Waals surface area (Å²) in [5, 5.41) is 4.14. The molecule has 1 heterocycles. The number of halogens is 2. The molecule has 1 N–H and O–H groups in total. The van der Waals surface area contributed by atoms with Crippen LogP contribution in [0.2, 0.25) is 10.0 Å². The van der Waals surface area contributed by atoms with Crippen molar-refractivity contribution in [3.05, 3.63) is 76.5 Å². The van der Waals surface area contributed by atoms with Gasteiger partial charge in [0.25, 0.3) is 0 Å². The summed E-state index contributed by atoms with van der Waals surface area (Å²) >= 11 is 12.0. The third kappa shape index (κ3) is 3.88. The maximum absolute atomic E-state index is 6.06. The molecule has 5 heteroatoms. The van der Waals surface area contributed by atoms with E-state index in [4.69, 9.17) is 27.9 Å². The second kappa shape index (κ2) is 7.67. The quantitative estimate of drug-likeness (QED) is 0.647. The van der Waals surface area contributed by atoms with E-state index < -0.39 is 0 Å². The standard InChI is InChI=1S/C19H16Cl2N2O/c1-22-11-15-9-13(14-3-2-8-23-12-14)4-7-19(15)24-16-5-6-17(20)18(21)10-16/h2-10,12,22H,11H2,1H3. The fourth-order valence-electron chi connectivity index (χ4n) is 2.39. The third-order valence-corrected chi connectivity index (χ3v) is 4.28. The molecule has 24 heavy (non-hydrogen) atoms. The Labute approximate surface area is 151 Å². The molecule has 0 radical (unpaired) electrons. The molecule has 0 saturated carbocycles. The Morgan fingerprint density at radius 3 is 2.58 bits per heavy atom. The highest BCUT2D eigenvalue weighted by Gasteiger charge is 2.09. The lowest BCUT2D eigenvalue weighted by molar-refractivity contribution is 0.474. The number of hydrogen-bond donors (Lipinski definition) is 1. The van der Waals surface area contributed by atoms with E-state index in [1.165, 1.54) is 0 Å². The maximum atomic E-state index is 6.06. The molecule has 0 saturated heterocycles. The zero-order valence-electron chi connectivity index (χ0n) is 13.1. The molecule has 0 spiro atoms. The fraction of sp³-hybridized carbons (Fsp3) is 0.105. The van der Waals surface area contributed by atoms with Gasteiger partial charge < -0.3 is 10.1 Å². The summed E-state index contributed by atoms with van der Waals surface area (Å²) in [7, 11) is 1.90. The minimum Gasteiger partial charge on any atom is -0.457 e. The highest BCUT2D eigenvalue weighted by molar-refractivity contribution is 6.42. The number of hydrogen-bond acceptors (Lipinski definition) is 3. The van der Waals surface area contributed by atoms with Gasteiger partial charge in [0.15, 0.2) is 0 Å². The maximum Gasteiger partial charge on any atom is 0.131 e. The van der Waals surface area contributed by atoms with Crippen molar-refractivity contribution in [2.45, 2.75) is 6.54 Å². The number of nitrogens with zero attached hydrogens (tertiary/aromatic N) is 1. The van der Waals surface area contributed by atoms with Crippen LogP contribution in [0.4, 0.5) is 0 Å². The van der Waals surface area contributed by atoms with Crippen LogP contribution in [0.3, 0.4) is 0 Å². The number of nitrogens with one attached hydrogen (secondary N) is 1. The van der Waals surface area contributed by atoms with E-state index >= 15 is 0 Å². The van der Waals surface area contributed by atoms with Gasteiger partial charge in [-0.15, -0.1) is 0 Å². The van der Waals surface area contributed by atoms with Gasteiger partial charge in [0.05, 0.1) is 10.0 Å². The SMILES string of the molecule is CNCc1cc(-c2cccnc2)ccc1Oc1ccc(Cl)c(Cl)c1. The number of pyridine rings is 1. The summed E-state index contributed by atoms with van der Waals surface area (Å²) in [5.74, 6) is 1.42. The van der Waals surface area contributed by atoms with Crippen LogP contribution in [0.5, 0.6) is 11.5 Å². The van der Waals surface area contributed by atoms with Crippen molar-refractivity contribution in [1.29, 1.82) is 0 Å². The first-order valence-electron chi connectivity index (χ1n) is 7.48. The first-order chi connectivity index (χ1) is 11.7. The molecule has 1 aromatic heterocycles. The van der Waals surface area contributed by atoms with Crippen LogP contribution in [-0.4, -0.2) is 12.0 Å². The number of benzene rings is 2. The van der Waals surface area contributed by atoms with Crippen LogP contribution >= 0.6 is 23.2 Å². The molecule has 122 valence electrons. The second-order valence-corrected chi connectivity index (χ2v) is 6.09. The van der Waals surface area contributed by atoms with Crippen LogP contribution in [0.15, 0.2) is 60.9 Å². The number of aromatic nitrogens is 1. The van der Waals surface area contributed by atoms with Gasteiger partial charge in [-0.1, -0.05) is 35.3 Å². The summed E-state index contributed by atoms with van der Waals surface area (Å²) in [6.45, 7) is 0.685. The van der Waals surface area contributed by atoms with Gasteiger partial charge in [-0.2, -0.15) is 0 Å². The van der Waals surface area contributed by atoms with Crippen LogP contribution in [0.25, 0.3) is 11.1 Å². The van der Waals surface area contributed by atoms with Crippen LogP contribution < -0.4 is 10.1 Å². The molecule has 0 aliphatic carbocycles. The van der Waals surface area contributed by atoms with E-state index in [1.807, 2.05) is 37.5 Å². The minimum absolute atomic E-state index is 0.469. The van der Waals surface area contributed by atoms with Gasteiger partial charge in [-0.05, 0) is 42.9 Å². The van der Waals surface area contributed by atoms with Crippen molar-refractivity contribution in [2.75, 3.05) is 7.05 Å². The van der Waals surface area contributed by atoms with Crippen molar-refractivity contribution >= 4 is 23.2 Å². The molecule has 0 aliphatic rings. The molecule has 0 amide bonds. The molecule has 0 bridgehead atoms. The third-order valence-electron chi connectivity index (χ3n) is 3.54. The van der Waals surface area contributed by atoms with Gasteiger partial charge in [0.1, 0.15) is 11.5 Å². The van der Waals surface area contributed by atoms with E-state index in [-0.39, 0.29) is 0 Å². The lowest BCUT2D eigenvalue weighted by atomic mass is 10.0. The molecule has 0 aliphatic heterocycles. The van der Waals surface area contributed by atoms with E-state index in [9.17, 15) is 0 Å². The molecular weight excluding hydrogens is 343 g/mol. The van der Waals surface area contributed by atoms with Gasteiger partial charge in [0.2, 0.25) is 0 Å². The molecular formula is C19H16Cl2N2O. The Hall–Kier alpha value is -2.07. The smallest absolute Gasteiger partial charge is 0.131 e. The van der Waals surface area contributed by atoms with Crippen LogP contribution in [0.1, 0.15) is 5.56 Å². The highest BCUT2D eigenvalue weighted by Crippen LogP contribution is 2.33. The molecule has 3 rings (SSSR count). The summed E-state index contributed by atoms with van der Waals surface area (Å²) in [6, 6.07) is 15.3. The molecule has 3 aromatic rings. The van der Waals surface area contributed by atoms with Gasteiger partial charge >= 0.3 is 0 Å². The Morgan fingerprint density at radius 2 is 1.88 bits per heavy atom. The van der Waals surface area contributed by atoms with E-state index in [1.54, 1.807) is 24.4 Å². The van der Waals surface area contributed by atoms with Crippen molar-refractivity contribution in [3.63, 3.8) is 0 Å². The first kappa shape index (κ1) is 16.8. The van der Waals surface area contributed by atoms with Crippen molar-refractivity contribution < 1.29 is 4.74 Å². The average Bonchev–Trinajstić information content (AvgIpc) is 2.61. The fourth-order valence-corrected chi connectivity index (χ4v) is 2.68. The lowest BCUT2D eigenvalue weighted by Crippen LogP contribution is -2.06. The normalized spacial score (nSPS) is 10.6. The van der Waals surface area contributed by atoms with Crippen molar-refractivity contribution in [2.24, 2.45) is 0 Å². The Morgan fingerprint density at radius 1 is 1.00 bits per heavy atom. The summed E-state index contributed by atoms with van der Waals surface area (Å²) in [4.78, 5) is 4.17. The second-order valence-electron chi connectivity index (χ2n) is 5.27. The van der Waals surface area contributed by atoms with Gasteiger partial charge in [-0.3, -0.25) is 4.98 Å². The average molecular weight is 359 g/mol. The molecule has 0 fully saturated rings. The highest BCUT2D eigenvalue weighted by atomic mass is 35.5. The van der Waals surface area contributed by atoms with Crippen molar-refractivity contribution in [3.8, 4) is 22.6 Å². The van der Waals surface area contributed by atoms with E-state index in [0.29, 0.717) is 22.3 Å². The Bertz CT molecular complexity index is 838. The van der Waals surface area contributed by atoms with Crippen molar-refractivity contribution in [1.82, 2.24) is 10.3 Å². The predicted octanol–water partition coefficient (Wildman–Crippen LogP) is 5.57. The topological polar surface area (TPSA) is 34.2 Å². The predicted molar refractivity (Wildman–Crippen MR) is 99.0 cm³/mol. The summed E-state index contributed by atoms with van der Waals surface area (Å²) in [5.41, 5.74) is 3.20. The molecule has 0 unspecified atom stereocenters. The number of rotatable bonds is 5. The van der Waals surface area contributed by atoms with Gasteiger partial charge in [-0.25, -0.2) is 0 Å².